The van der Waals surface area contributed by atoms with Crippen LogP contribution in [0.4, 0.5) is 0 Å². The van der Waals surface area contributed by atoms with Crippen LogP contribution >= 0.6 is 15.9 Å². The molecule has 0 aliphatic heterocycles. The number of aromatic nitrogens is 4. The Balaban J connectivity index is 1.99. The van der Waals surface area contributed by atoms with Gasteiger partial charge in [-0.3, -0.25) is 4.68 Å². The van der Waals surface area contributed by atoms with E-state index in [1.807, 2.05) is 37.6 Å². The third kappa shape index (κ3) is 2.79. The van der Waals surface area contributed by atoms with Gasteiger partial charge in [0.1, 0.15) is 12.3 Å². The highest BCUT2D eigenvalue weighted by atomic mass is 79.9. The molecule has 21 heavy (non-hydrogen) atoms. The summed E-state index contributed by atoms with van der Waals surface area (Å²) in [5.41, 5.74) is 1.72. The van der Waals surface area contributed by atoms with E-state index < -0.39 is 0 Å². The number of fused-ring (bicyclic) bond motifs is 1. The van der Waals surface area contributed by atoms with Crippen LogP contribution in [0, 0.1) is 0 Å². The first-order chi connectivity index (χ1) is 10.2. The Morgan fingerprint density at radius 3 is 2.81 bits per heavy atom. The van der Waals surface area contributed by atoms with Gasteiger partial charge in [-0.2, -0.15) is 5.10 Å². The van der Waals surface area contributed by atoms with Crippen LogP contribution in [0.5, 0.6) is 5.88 Å². The summed E-state index contributed by atoms with van der Waals surface area (Å²) in [6.45, 7) is 0.966. The van der Waals surface area contributed by atoms with Gasteiger partial charge in [-0.1, -0.05) is 22.0 Å². The fourth-order valence-electron chi connectivity index (χ4n) is 2.07. The maximum absolute atomic E-state index is 5.65. The predicted molar refractivity (Wildman–Crippen MR) is 82.9 cm³/mol. The molecular weight excluding hydrogens is 336 g/mol. The van der Waals surface area contributed by atoms with Crippen LogP contribution in [0.1, 0.15) is 0 Å². The number of halogens is 1. The molecule has 0 saturated carbocycles. The van der Waals surface area contributed by atoms with Crippen molar-refractivity contribution >= 4 is 26.8 Å². The minimum Gasteiger partial charge on any atom is -0.473 e. The lowest BCUT2D eigenvalue weighted by atomic mass is 10.3. The van der Waals surface area contributed by atoms with Crippen molar-refractivity contribution in [1.82, 2.24) is 19.6 Å². The van der Waals surface area contributed by atoms with E-state index in [9.17, 15) is 0 Å². The van der Waals surface area contributed by atoms with Crippen LogP contribution in [0.2, 0.25) is 0 Å². The van der Waals surface area contributed by atoms with E-state index in [2.05, 4.69) is 26.1 Å². The van der Waals surface area contributed by atoms with E-state index >= 15 is 0 Å². The van der Waals surface area contributed by atoms with Gasteiger partial charge in [0.05, 0.1) is 18.3 Å². The summed E-state index contributed by atoms with van der Waals surface area (Å²) < 4.78 is 15.1. The predicted octanol–water partition coefficient (Wildman–Crippen LogP) is 2.55. The van der Waals surface area contributed by atoms with Crippen LogP contribution in [-0.2, 0) is 11.8 Å². The molecule has 0 atom stereocenters. The molecule has 6 nitrogen and oxygen atoms in total. The Kier molecular flexibility index (Phi) is 3.94. The third-order valence-electron chi connectivity index (χ3n) is 3.05. The molecule has 0 aliphatic rings. The van der Waals surface area contributed by atoms with Crippen LogP contribution in [0.25, 0.3) is 16.6 Å². The monoisotopic (exact) mass is 350 g/mol. The first-order valence-electron chi connectivity index (χ1n) is 6.48. The summed E-state index contributed by atoms with van der Waals surface area (Å²) in [4.78, 5) is 0. The summed E-state index contributed by atoms with van der Waals surface area (Å²) in [5, 5.41) is 9.93. The molecule has 3 aromatic rings. The van der Waals surface area contributed by atoms with Crippen molar-refractivity contribution in [2.75, 3.05) is 20.3 Å². The average Bonchev–Trinajstić information content (AvgIpc) is 3.03. The second kappa shape index (κ2) is 5.87. The first kappa shape index (κ1) is 14.1. The van der Waals surface area contributed by atoms with E-state index in [-0.39, 0.29) is 0 Å². The van der Waals surface area contributed by atoms with Gasteiger partial charge < -0.3 is 9.47 Å². The zero-order valence-corrected chi connectivity index (χ0v) is 13.4. The molecule has 3 rings (SSSR count). The van der Waals surface area contributed by atoms with Gasteiger partial charge in [-0.25, -0.2) is 4.68 Å². The smallest absolute Gasteiger partial charge is 0.259 e. The normalized spacial score (nSPS) is 11.2. The van der Waals surface area contributed by atoms with E-state index in [0.29, 0.717) is 19.1 Å². The van der Waals surface area contributed by atoms with Crippen molar-refractivity contribution in [3.63, 3.8) is 0 Å². The number of benzene rings is 1. The Labute approximate surface area is 130 Å². The summed E-state index contributed by atoms with van der Waals surface area (Å²) in [6.07, 6.45) is 3.83. The molecule has 0 spiro atoms. The Hall–Kier alpha value is -1.86. The maximum atomic E-state index is 5.65. The molecule has 0 saturated heterocycles. The first-order valence-corrected chi connectivity index (χ1v) is 7.28. The number of methoxy groups -OCH3 is 1. The number of rotatable bonds is 5. The standard InChI is InChI=1S/C14H15BrN4O2/c1-18-9-13(14(17-18)21-7-6-20-2)19-8-10-11(15)4-3-5-12(10)16-19/h3-5,8-9H,6-7H2,1-2H3. The highest BCUT2D eigenvalue weighted by molar-refractivity contribution is 9.10. The third-order valence-corrected chi connectivity index (χ3v) is 3.74. The average molecular weight is 351 g/mol. The minimum atomic E-state index is 0.449. The van der Waals surface area contributed by atoms with Gasteiger partial charge in [0.2, 0.25) is 0 Å². The lowest BCUT2D eigenvalue weighted by Gasteiger charge is -2.04. The van der Waals surface area contributed by atoms with Crippen molar-refractivity contribution < 1.29 is 9.47 Å². The number of nitrogens with zero attached hydrogens (tertiary/aromatic N) is 4. The van der Waals surface area contributed by atoms with Crippen molar-refractivity contribution in [3.8, 4) is 11.6 Å². The van der Waals surface area contributed by atoms with Crippen LogP contribution < -0.4 is 4.74 Å². The zero-order chi connectivity index (χ0) is 14.8. The fraction of sp³-hybridized carbons (Fsp3) is 0.286. The summed E-state index contributed by atoms with van der Waals surface area (Å²) in [5.74, 6) is 0.540. The maximum Gasteiger partial charge on any atom is 0.259 e. The van der Waals surface area contributed by atoms with E-state index in [4.69, 9.17) is 9.47 Å². The quantitative estimate of drug-likeness (QED) is 0.663. The molecule has 0 aliphatic carbocycles. The molecule has 2 heterocycles. The van der Waals surface area contributed by atoms with Gasteiger partial charge in [-0.05, 0) is 12.1 Å². The number of aryl methyl sites for hydroxylation is 1. The van der Waals surface area contributed by atoms with Crippen molar-refractivity contribution in [2.24, 2.45) is 7.05 Å². The van der Waals surface area contributed by atoms with Crippen molar-refractivity contribution in [1.29, 1.82) is 0 Å². The van der Waals surface area contributed by atoms with E-state index in [0.717, 1.165) is 21.1 Å². The highest BCUT2D eigenvalue weighted by Gasteiger charge is 2.14. The van der Waals surface area contributed by atoms with Gasteiger partial charge in [0.15, 0.2) is 0 Å². The van der Waals surface area contributed by atoms with Gasteiger partial charge in [-0.15, -0.1) is 5.10 Å². The topological polar surface area (TPSA) is 54.1 Å². The lowest BCUT2D eigenvalue weighted by molar-refractivity contribution is 0.143. The molecule has 0 amide bonds. The molecule has 7 heteroatoms. The minimum absolute atomic E-state index is 0.449. The van der Waals surface area contributed by atoms with E-state index in [1.54, 1.807) is 16.5 Å². The second-order valence-corrected chi connectivity index (χ2v) is 5.44. The number of hydrogen-bond donors (Lipinski definition) is 0. The molecule has 0 N–H and O–H groups in total. The van der Waals surface area contributed by atoms with Crippen molar-refractivity contribution in [2.45, 2.75) is 0 Å². The molecule has 1 aromatic carbocycles. The summed E-state index contributed by atoms with van der Waals surface area (Å²) in [7, 11) is 3.49. The molecule has 0 fully saturated rings. The SMILES string of the molecule is COCCOc1nn(C)cc1-n1cc2c(Br)cccc2n1. The van der Waals surface area contributed by atoms with Gasteiger partial charge in [0, 0.05) is 30.2 Å². The molecular formula is C14H15BrN4O2. The highest BCUT2D eigenvalue weighted by Crippen LogP contribution is 2.26. The Morgan fingerprint density at radius 2 is 2.05 bits per heavy atom. The molecule has 0 radical (unpaired) electrons. The zero-order valence-electron chi connectivity index (χ0n) is 11.8. The second-order valence-electron chi connectivity index (χ2n) is 4.58. The number of hydrogen-bond acceptors (Lipinski definition) is 4. The Bertz CT molecular complexity index is 766. The molecule has 0 unspecified atom stereocenters. The van der Waals surface area contributed by atoms with Gasteiger partial charge in [0.25, 0.3) is 5.88 Å². The summed E-state index contributed by atoms with van der Waals surface area (Å²) >= 11 is 3.54. The summed E-state index contributed by atoms with van der Waals surface area (Å²) in [6, 6.07) is 5.93. The van der Waals surface area contributed by atoms with Crippen LogP contribution in [0.15, 0.2) is 35.1 Å². The van der Waals surface area contributed by atoms with Gasteiger partial charge >= 0.3 is 0 Å². The Morgan fingerprint density at radius 1 is 1.19 bits per heavy atom. The fourth-order valence-corrected chi connectivity index (χ4v) is 2.53. The van der Waals surface area contributed by atoms with Crippen LogP contribution in [-0.4, -0.2) is 39.9 Å². The lowest BCUT2D eigenvalue weighted by Crippen LogP contribution is -2.06. The van der Waals surface area contributed by atoms with E-state index in [1.165, 1.54) is 0 Å². The van der Waals surface area contributed by atoms with Crippen LogP contribution in [0.3, 0.4) is 0 Å². The van der Waals surface area contributed by atoms with Crippen molar-refractivity contribution in [3.05, 3.63) is 35.1 Å². The molecule has 110 valence electrons. The number of ether oxygens (including phenoxy) is 2. The molecule has 0 bridgehead atoms. The largest absolute Gasteiger partial charge is 0.473 e. The molecule has 2 aromatic heterocycles.